The van der Waals surface area contributed by atoms with Gasteiger partial charge in [0.25, 0.3) is 0 Å². The van der Waals surface area contributed by atoms with Gasteiger partial charge in [0.2, 0.25) is 0 Å². The monoisotopic (exact) mass is 520 g/mol. The molecule has 2 fully saturated rings. The van der Waals surface area contributed by atoms with Gasteiger partial charge in [-0.15, -0.1) is 0 Å². The second-order valence-electron chi connectivity index (χ2n) is 8.30. The van der Waals surface area contributed by atoms with E-state index in [9.17, 15) is 26.3 Å². The Kier molecular flexibility index (Phi) is 11.4. The zero-order valence-corrected chi connectivity index (χ0v) is 19.5. The number of nitrogens with zero attached hydrogens (tertiary/aromatic N) is 4. The van der Waals surface area contributed by atoms with Crippen molar-refractivity contribution in [3.05, 3.63) is 18.0 Å². The lowest BCUT2D eigenvalue weighted by molar-refractivity contribution is -0.193. The Labute approximate surface area is 198 Å². The van der Waals surface area contributed by atoms with Crippen LogP contribution in [-0.4, -0.2) is 106 Å². The predicted molar refractivity (Wildman–Crippen MR) is 111 cm³/mol. The number of alkyl halides is 6. The number of aryl methyl sites for hydroxylation is 1. The van der Waals surface area contributed by atoms with Gasteiger partial charge in [-0.25, -0.2) is 9.59 Å². The third kappa shape index (κ3) is 10.4. The summed E-state index contributed by atoms with van der Waals surface area (Å²) in [6.07, 6.45) is -1.24. The van der Waals surface area contributed by atoms with Crippen molar-refractivity contribution in [2.75, 3.05) is 33.9 Å². The lowest BCUT2D eigenvalue weighted by atomic mass is 9.99. The van der Waals surface area contributed by atoms with Gasteiger partial charge in [-0.05, 0) is 45.3 Å². The number of hydrogen-bond donors (Lipinski definition) is 2. The van der Waals surface area contributed by atoms with E-state index in [1.165, 1.54) is 31.4 Å². The first kappa shape index (κ1) is 30.6. The molecule has 2 aliphatic rings. The van der Waals surface area contributed by atoms with Crippen LogP contribution in [0.25, 0.3) is 0 Å². The molecule has 2 atom stereocenters. The zero-order chi connectivity index (χ0) is 27.0. The fourth-order valence-electron chi connectivity index (χ4n) is 4.01. The first-order valence-corrected chi connectivity index (χ1v) is 10.6. The third-order valence-corrected chi connectivity index (χ3v) is 5.56. The molecule has 35 heavy (non-hydrogen) atoms. The van der Waals surface area contributed by atoms with E-state index in [2.05, 4.69) is 35.2 Å². The fraction of sp³-hybridized carbons (Fsp3) is 0.750. The van der Waals surface area contributed by atoms with Crippen LogP contribution in [0.3, 0.4) is 0 Å². The van der Waals surface area contributed by atoms with Crippen molar-refractivity contribution < 1.29 is 50.9 Å². The number of rotatable bonds is 4. The summed E-state index contributed by atoms with van der Waals surface area (Å²) in [5, 5.41) is 18.6. The van der Waals surface area contributed by atoms with E-state index >= 15 is 0 Å². The summed E-state index contributed by atoms with van der Waals surface area (Å²) in [4.78, 5) is 22.9. The maximum Gasteiger partial charge on any atom is 0.490 e. The standard InChI is InChI=1S/C16H28N4O.2C2HF3O2/c1-18(2)15-4-7-20(14-5-8-21-9-6-14)16(15)10-13-11-17-19(3)12-13;2*3-2(4,5)1(6)7/h11-12,14-16H,4-10H2,1-3H3;2*(H,6,7)/t15-,16+;;/m1../s1. The zero-order valence-electron chi connectivity index (χ0n) is 19.5. The molecule has 202 valence electrons. The van der Waals surface area contributed by atoms with Gasteiger partial charge >= 0.3 is 24.3 Å². The molecule has 2 saturated heterocycles. The van der Waals surface area contributed by atoms with Crippen molar-refractivity contribution >= 4 is 11.9 Å². The molecule has 0 radical (unpaired) electrons. The van der Waals surface area contributed by atoms with Crippen molar-refractivity contribution in [2.24, 2.45) is 7.05 Å². The molecule has 0 saturated carbocycles. The van der Waals surface area contributed by atoms with Gasteiger partial charge in [-0.2, -0.15) is 31.4 Å². The van der Waals surface area contributed by atoms with Gasteiger partial charge in [0.15, 0.2) is 0 Å². The van der Waals surface area contributed by atoms with Crippen molar-refractivity contribution in [3.8, 4) is 0 Å². The number of aliphatic carboxylic acids is 2. The molecular formula is C20H30F6N4O5. The van der Waals surface area contributed by atoms with E-state index in [0.717, 1.165) is 19.6 Å². The third-order valence-electron chi connectivity index (χ3n) is 5.56. The highest BCUT2D eigenvalue weighted by Crippen LogP contribution is 2.30. The molecule has 0 aliphatic carbocycles. The van der Waals surface area contributed by atoms with Crippen molar-refractivity contribution in [2.45, 2.75) is 56.2 Å². The Balaban J connectivity index is 0.000000362. The minimum absolute atomic E-state index is 0.604. The van der Waals surface area contributed by atoms with Crippen molar-refractivity contribution in [1.29, 1.82) is 0 Å². The molecule has 2 N–H and O–H groups in total. The average molecular weight is 520 g/mol. The Hall–Kier alpha value is -2.39. The molecular weight excluding hydrogens is 490 g/mol. The number of halogens is 6. The van der Waals surface area contributed by atoms with E-state index in [1.54, 1.807) is 0 Å². The smallest absolute Gasteiger partial charge is 0.475 e. The first-order chi connectivity index (χ1) is 16.0. The van der Waals surface area contributed by atoms with Crippen LogP contribution in [0.1, 0.15) is 24.8 Å². The second kappa shape index (κ2) is 13.1. The van der Waals surface area contributed by atoms with Gasteiger partial charge in [0.05, 0.1) is 6.20 Å². The summed E-state index contributed by atoms with van der Waals surface area (Å²) in [7, 11) is 6.43. The SMILES string of the molecule is CN(C)[C@@H]1CCN(C2CCOCC2)[C@H]1Cc1cnn(C)c1.O=C(O)C(F)(F)F.O=C(O)C(F)(F)F. The predicted octanol–water partition coefficient (Wildman–Crippen LogP) is 2.41. The molecule has 0 amide bonds. The maximum absolute atomic E-state index is 10.6. The number of ether oxygens (including phenoxy) is 1. The summed E-state index contributed by atoms with van der Waals surface area (Å²) in [5.74, 6) is -5.51. The fourth-order valence-corrected chi connectivity index (χ4v) is 4.01. The summed E-state index contributed by atoms with van der Waals surface area (Å²) in [6, 6.07) is 1.95. The lowest BCUT2D eigenvalue weighted by Crippen LogP contribution is -2.48. The summed E-state index contributed by atoms with van der Waals surface area (Å²) in [6.45, 7) is 3.07. The molecule has 1 aromatic rings. The van der Waals surface area contributed by atoms with Crippen molar-refractivity contribution in [3.63, 3.8) is 0 Å². The highest BCUT2D eigenvalue weighted by atomic mass is 19.4. The number of carbonyl (C=O) groups is 2. The van der Waals surface area contributed by atoms with Crippen LogP contribution in [0.5, 0.6) is 0 Å². The molecule has 15 heteroatoms. The van der Waals surface area contributed by atoms with Crippen molar-refractivity contribution in [1.82, 2.24) is 19.6 Å². The summed E-state index contributed by atoms with van der Waals surface area (Å²) < 4.78 is 70.9. The van der Waals surface area contributed by atoms with Crippen LogP contribution in [0, 0.1) is 0 Å². The minimum atomic E-state index is -5.08. The summed E-state index contributed by atoms with van der Waals surface area (Å²) >= 11 is 0. The number of aromatic nitrogens is 2. The second-order valence-corrected chi connectivity index (χ2v) is 8.30. The molecule has 3 rings (SSSR count). The molecule has 2 aliphatic heterocycles. The molecule has 3 heterocycles. The average Bonchev–Trinajstić information content (AvgIpc) is 3.34. The van der Waals surface area contributed by atoms with E-state index in [0.29, 0.717) is 18.1 Å². The Morgan fingerprint density at radius 2 is 1.54 bits per heavy atom. The maximum atomic E-state index is 10.6. The van der Waals surface area contributed by atoms with E-state index in [4.69, 9.17) is 24.5 Å². The number of likely N-dealkylation sites (N-methyl/N-ethyl adjacent to an activating group) is 1. The van der Waals surface area contributed by atoms with Crippen LogP contribution in [-0.2, 0) is 27.8 Å². The van der Waals surface area contributed by atoms with Gasteiger partial charge in [0.1, 0.15) is 0 Å². The van der Waals surface area contributed by atoms with Crippen LogP contribution in [0.4, 0.5) is 26.3 Å². The van der Waals surface area contributed by atoms with Crippen LogP contribution in [0.2, 0.25) is 0 Å². The van der Waals surface area contributed by atoms with Gasteiger partial charge in [-0.1, -0.05) is 0 Å². The number of hydrogen-bond acceptors (Lipinski definition) is 6. The largest absolute Gasteiger partial charge is 0.490 e. The van der Waals surface area contributed by atoms with Crippen LogP contribution >= 0.6 is 0 Å². The van der Waals surface area contributed by atoms with Crippen LogP contribution < -0.4 is 0 Å². The van der Waals surface area contributed by atoms with Gasteiger partial charge in [0, 0.05) is 51.1 Å². The Morgan fingerprint density at radius 3 is 1.91 bits per heavy atom. The molecule has 0 unspecified atom stereocenters. The van der Waals surface area contributed by atoms with Crippen LogP contribution in [0.15, 0.2) is 12.4 Å². The van der Waals surface area contributed by atoms with Gasteiger partial charge in [-0.3, -0.25) is 9.58 Å². The molecule has 0 spiro atoms. The first-order valence-electron chi connectivity index (χ1n) is 10.6. The summed E-state index contributed by atoms with van der Waals surface area (Å²) in [5.41, 5.74) is 1.35. The topological polar surface area (TPSA) is 108 Å². The van der Waals surface area contributed by atoms with E-state index in [-0.39, 0.29) is 0 Å². The Morgan fingerprint density at radius 1 is 1.06 bits per heavy atom. The molecule has 1 aromatic heterocycles. The van der Waals surface area contributed by atoms with Gasteiger partial charge < -0.3 is 19.8 Å². The van der Waals surface area contributed by atoms with E-state index < -0.39 is 24.3 Å². The molecule has 0 bridgehead atoms. The van der Waals surface area contributed by atoms with E-state index in [1.807, 2.05) is 17.9 Å². The number of carboxylic acids is 2. The molecule has 0 aromatic carbocycles. The number of carboxylic acid groups (broad SMARTS) is 2. The number of likely N-dealkylation sites (tertiary alicyclic amines) is 1. The minimum Gasteiger partial charge on any atom is -0.475 e. The Bertz CT molecular complexity index is 785. The lowest BCUT2D eigenvalue weighted by Gasteiger charge is -2.38. The quantitative estimate of drug-likeness (QED) is 0.583. The normalized spacial score (nSPS) is 21.7. The molecule has 9 nitrogen and oxygen atoms in total. The highest BCUT2D eigenvalue weighted by molar-refractivity contribution is 5.73. The highest BCUT2D eigenvalue weighted by Gasteiger charge is 2.40.